The summed E-state index contributed by atoms with van der Waals surface area (Å²) in [6.07, 6.45) is 2.08. The number of hydrogen-bond donors (Lipinski definition) is 1. The molecule has 1 aromatic carbocycles. The molecule has 1 saturated heterocycles. The third-order valence-corrected chi connectivity index (χ3v) is 3.00. The molecular weight excluding hydrogens is 244 g/mol. The summed E-state index contributed by atoms with van der Waals surface area (Å²) in [4.78, 5) is 25.0. The number of benzene rings is 1. The van der Waals surface area contributed by atoms with Gasteiger partial charge in [0.15, 0.2) is 0 Å². The fourth-order valence-corrected chi connectivity index (χ4v) is 2.12. The van der Waals surface area contributed by atoms with Crippen LogP contribution in [0, 0.1) is 0 Å². The van der Waals surface area contributed by atoms with Crippen LogP contribution in [0.25, 0.3) is 0 Å². The van der Waals surface area contributed by atoms with Gasteiger partial charge in [-0.05, 0) is 38.0 Å². The van der Waals surface area contributed by atoms with E-state index in [1.54, 1.807) is 24.0 Å². The average Bonchev–Trinajstić information content (AvgIpc) is 2.40. The van der Waals surface area contributed by atoms with Crippen LogP contribution in [0.3, 0.4) is 0 Å². The van der Waals surface area contributed by atoms with E-state index in [1.807, 2.05) is 12.1 Å². The van der Waals surface area contributed by atoms with Gasteiger partial charge in [-0.15, -0.1) is 0 Å². The fourth-order valence-electron chi connectivity index (χ4n) is 2.12. The maximum atomic E-state index is 11.8. The van der Waals surface area contributed by atoms with Crippen LogP contribution in [0.2, 0.25) is 0 Å². The molecule has 2 amide bonds. The van der Waals surface area contributed by atoms with E-state index < -0.39 is 6.09 Å². The monoisotopic (exact) mass is 262 g/mol. The summed E-state index contributed by atoms with van der Waals surface area (Å²) >= 11 is 0. The van der Waals surface area contributed by atoms with Crippen molar-refractivity contribution in [2.24, 2.45) is 0 Å². The number of ether oxygens (including phenoxy) is 1. The number of piperidine rings is 1. The maximum absolute atomic E-state index is 11.8. The first-order valence-electron chi connectivity index (χ1n) is 6.55. The van der Waals surface area contributed by atoms with Crippen molar-refractivity contribution in [1.82, 2.24) is 0 Å². The Morgan fingerprint density at radius 2 is 2.26 bits per heavy atom. The first kappa shape index (κ1) is 13.4. The molecule has 0 radical (unpaired) electrons. The van der Waals surface area contributed by atoms with Crippen LogP contribution in [-0.2, 0) is 9.53 Å². The molecule has 1 heterocycles. The maximum Gasteiger partial charge on any atom is 0.411 e. The Bertz CT molecular complexity index is 474. The van der Waals surface area contributed by atoms with E-state index in [0.29, 0.717) is 18.7 Å². The molecular formula is C14H18N2O3. The van der Waals surface area contributed by atoms with Crippen LogP contribution in [-0.4, -0.2) is 25.2 Å². The Labute approximate surface area is 112 Å². The Balaban J connectivity index is 2.10. The Morgan fingerprint density at radius 1 is 1.42 bits per heavy atom. The quantitative estimate of drug-likeness (QED) is 0.911. The summed E-state index contributed by atoms with van der Waals surface area (Å²) in [5, 5.41) is 2.64. The minimum Gasteiger partial charge on any atom is -0.450 e. The number of nitrogens with one attached hydrogen (secondary N) is 1. The number of rotatable bonds is 3. The molecule has 0 unspecified atom stereocenters. The van der Waals surface area contributed by atoms with Gasteiger partial charge in [-0.2, -0.15) is 0 Å². The molecule has 1 N–H and O–H groups in total. The van der Waals surface area contributed by atoms with Gasteiger partial charge in [0.05, 0.1) is 6.61 Å². The van der Waals surface area contributed by atoms with E-state index in [1.165, 1.54) is 0 Å². The van der Waals surface area contributed by atoms with Crippen LogP contribution < -0.4 is 10.2 Å². The lowest BCUT2D eigenvalue weighted by Gasteiger charge is -2.27. The first-order chi connectivity index (χ1) is 9.20. The molecule has 0 bridgehead atoms. The molecule has 102 valence electrons. The minimum atomic E-state index is -0.482. The molecule has 0 spiro atoms. The lowest BCUT2D eigenvalue weighted by Crippen LogP contribution is -2.35. The average molecular weight is 262 g/mol. The van der Waals surface area contributed by atoms with Crippen LogP contribution >= 0.6 is 0 Å². The highest BCUT2D eigenvalue weighted by molar-refractivity contribution is 5.95. The van der Waals surface area contributed by atoms with Crippen molar-refractivity contribution >= 4 is 23.4 Å². The van der Waals surface area contributed by atoms with Crippen LogP contribution in [0.1, 0.15) is 26.2 Å². The van der Waals surface area contributed by atoms with Crippen molar-refractivity contribution in [1.29, 1.82) is 0 Å². The zero-order chi connectivity index (χ0) is 13.7. The number of carbonyl (C=O) groups excluding carboxylic acids is 2. The van der Waals surface area contributed by atoms with Crippen molar-refractivity contribution in [2.45, 2.75) is 26.2 Å². The Hall–Kier alpha value is -2.04. The normalized spacial score (nSPS) is 15.2. The molecule has 5 heteroatoms. The highest BCUT2D eigenvalue weighted by atomic mass is 16.5. The lowest BCUT2D eigenvalue weighted by molar-refractivity contribution is -0.119. The van der Waals surface area contributed by atoms with Crippen molar-refractivity contribution in [2.75, 3.05) is 23.4 Å². The molecule has 1 fully saturated rings. The standard InChI is InChI=1S/C14H18N2O3/c1-2-19-14(18)15-11-6-5-7-12(10-11)16-9-4-3-8-13(16)17/h5-7,10H,2-4,8-9H2,1H3,(H,15,18). The molecule has 5 nitrogen and oxygen atoms in total. The van der Waals surface area contributed by atoms with Gasteiger partial charge in [0.25, 0.3) is 0 Å². The van der Waals surface area contributed by atoms with Gasteiger partial charge in [-0.1, -0.05) is 6.07 Å². The third-order valence-electron chi connectivity index (χ3n) is 3.00. The van der Waals surface area contributed by atoms with E-state index in [9.17, 15) is 9.59 Å². The fraction of sp³-hybridized carbons (Fsp3) is 0.429. The van der Waals surface area contributed by atoms with Gasteiger partial charge in [0.1, 0.15) is 0 Å². The summed E-state index contributed by atoms with van der Waals surface area (Å²) in [6.45, 7) is 2.82. The highest BCUT2D eigenvalue weighted by Crippen LogP contribution is 2.23. The second-order valence-electron chi connectivity index (χ2n) is 4.40. The van der Waals surface area contributed by atoms with Gasteiger partial charge >= 0.3 is 6.09 Å². The van der Waals surface area contributed by atoms with Gasteiger partial charge in [0, 0.05) is 24.3 Å². The van der Waals surface area contributed by atoms with Gasteiger partial charge in [0.2, 0.25) is 5.91 Å². The Kier molecular flexibility index (Phi) is 4.39. The number of hydrogen-bond acceptors (Lipinski definition) is 3. The second kappa shape index (κ2) is 6.22. The number of amides is 2. The van der Waals surface area contributed by atoms with Crippen molar-refractivity contribution in [3.05, 3.63) is 24.3 Å². The third kappa shape index (κ3) is 3.47. The second-order valence-corrected chi connectivity index (χ2v) is 4.40. The van der Waals surface area contributed by atoms with Gasteiger partial charge in [-0.3, -0.25) is 10.1 Å². The summed E-state index contributed by atoms with van der Waals surface area (Å²) in [5.74, 6) is 0.138. The SMILES string of the molecule is CCOC(=O)Nc1cccc(N2CCCCC2=O)c1. The molecule has 19 heavy (non-hydrogen) atoms. The largest absolute Gasteiger partial charge is 0.450 e. The van der Waals surface area contributed by atoms with E-state index >= 15 is 0 Å². The van der Waals surface area contributed by atoms with Gasteiger partial charge in [-0.25, -0.2) is 4.79 Å². The smallest absolute Gasteiger partial charge is 0.411 e. The summed E-state index contributed by atoms with van der Waals surface area (Å²) in [7, 11) is 0. The summed E-state index contributed by atoms with van der Waals surface area (Å²) in [6, 6.07) is 7.26. The Morgan fingerprint density at radius 3 is 3.00 bits per heavy atom. The number of anilines is 2. The van der Waals surface area contributed by atoms with Gasteiger partial charge < -0.3 is 9.64 Å². The minimum absolute atomic E-state index is 0.138. The molecule has 1 aromatic rings. The van der Waals surface area contributed by atoms with E-state index in [0.717, 1.165) is 25.1 Å². The molecule has 1 aliphatic rings. The molecule has 0 aromatic heterocycles. The van der Waals surface area contributed by atoms with Crippen molar-refractivity contribution in [3.63, 3.8) is 0 Å². The van der Waals surface area contributed by atoms with E-state index in [-0.39, 0.29) is 5.91 Å². The molecule has 1 aliphatic heterocycles. The van der Waals surface area contributed by atoms with Crippen LogP contribution in [0.15, 0.2) is 24.3 Å². The molecule has 0 saturated carbocycles. The predicted molar refractivity (Wildman–Crippen MR) is 73.3 cm³/mol. The zero-order valence-electron chi connectivity index (χ0n) is 11.0. The topological polar surface area (TPSA) is 58.6 Å². The lowest BCUT2D eigenvalue weighted by atomic mass is 10.1. The number of carbonyl (C=O) groups is 2. The van der Waals surface area contributed by atoms with Crippen LogP contribution in [0.4, 0.5) is 16.2 Å². The molecule has 0 atom stereocenters. The molecule has 0 aliphatic carbocycles. The van der Waals surface area contributed by atoms with Crippen LogP contribution in [0.5, 0.6) is 0 Å². The zero-order valence-corrected chi connectivity index (χ0v) is 11.0. The summed E-state index contributed by atoms with van der Waals surface area (Å²) < 4.78 is 4.82. The van der Waals surface area contributed by atoms with Crippen molar-refractivity contribution < 1.29 is 14.3 Å². The molecule has 2 rings (SSSR count). The van der Waals surface area contributed by atoms with Crippen molar-refractivity contribution in [3.8, 4) is 0 Å². The summed E-state index contributed by atoms with van der Waals surface area (Å²) in [5.41, 5.74) is 1.45. The predicted octanol–water partition coefficient (Wildman–Crippen LogP) is 2.77. The first-order valence-corrected chi connectivity index (χ1v) is 6.55. The highest BCUT2D eigenvalue weighted by Gasteiger charge is 2.19. The van der Waals surface area contributed by atoms with E-state index in [4.69, 9.17) is 4.74 Å². The van der Waals surface area contributed by atoms with E-state index in [2.05, 4.69) is 5.32 Å². The number of nitrogens with zero attached hydrogens (tertiary/aromatic N) is 1.